The van der Waals surface area contributed by atoms with E-state index in [0.29, 0.717) is 5.82 Å². The largest absolute Gasteiger partial charge is 0.392 e. The Labute approximate surface area is 117 Å². The molecule has 1 aliphatic rings. The molecule has 3 rings (SSSR count). The zero-order chi connectivity index (χ0) is 13.8. The van der Waals surface area contributed by atoms with Crippen molar-refractivity contribution in [2.24, 2.45) is 0 Å². The lowest BCUT2D eigenvalue weighted by molar-refractivity contribution is 0.122. The molecule has 1 N–H and O–H groups in total. The number of hydrogen-bond donors (Lipinski definition) is 1. The molecule has 2 aromatic rings. The molecule has 0 amide bonds. The quantitative estimate of drug-likeness (QED) is 0.916. The van der Waals surface area contributed by atoms with Crippen molar-refractivity contribution in [2.45, 2.75) is 6.61 Å². The molecule has 5 nitrogen and oxygen atoms in total. The van der Waals surface area contributed by atoms with Gasteiger partial charge in [-0.15, -0.1) is 0 Å². The molecule has 0 atom stereocenters. The molecule has 20 heavy (non-hydrogen) atoms. The van der Waals surface area contributed by atoms with Crippen LogP contribution in [0, 0.1) is 0 Å². The Hall–Kier alpha value is -1.98. The standard InChI is InChI=1S/C15H17N3O2/c19-11-12-2-1-3-13(10-12)15-16-5-4-14(17-15)18-6-8-20-9-7-18/h1-5,10,19H,6-9,11H2. The molecular formula is C15H17N3O2. The summed E-state index contributed by atoms with van der Waals surface area (Å²) in [6.45, 7) is 3.20. The van der Waals surface area contributed by atoms with Gasteiger partial charge >= 0.3 is 0 Å². The fraction of sp³-hybridized carbons (Fsp3) is 0.333. The van der Waals surface area contributed by atoms with E-state index in [1.54, 1.807) is 6.20 Å². The third-order valence-electron chi connectivity index (χ3n) is 3.34. The van der Waals surface area contributed by atoms with Gasteiger partial charge in [0.1, 0.15) is 5.82 Å². The van der Waals surface area contributed by atoms with Crippen molar-refractivity contribution in [1.29, 1.82) is 0 Å². The van der Waals surface area contributed by atoms with E-state index >= 15 is 0 Å². The number of aliphatic hydroxyl groups is 1. The summed E-state index contributed by atoms with van der Waals surface area (Å²) in [5.74, 6) is 1.61. The van der Waals surface area contributed by atoms with Crippen molar-refractivity contribution in [1.82, 2.24) is 9.97 Å². The van der Waals surface area contributed by atoms with E-state index in [4.69, 9.17) is 4.74 Å². The van der Waals surface area contributed by atoms with Crippen molar-refractivity contribution in [3.05, 3.63) is 42.1 Å². The predicted molar refractivity (Wildman–Crippen MR) is 76.4 cm³/mol. The van der Waals surface area contributed by atoms with Crippen LogP contribution in [-0.2, 0) is 11.3 Å². The maximum absolute atomic E-state index is 9.20. The summed E-state index contributed by atoms with van der Waals surface area (Å²) in [4.78, 5) is 11.1. The van der Waals surface area contributed by atoms with Gasteiger partial charge in [0.25, 0.3) is 0 Å². The Morgan fingerprint density at radius 3 is 2.85 bits per heavy atom. The maximum atomic E-state index is 9.20. The normalized spacial score (nSPS) is 15.3. The molecule has 0 radical (unpaired) electrons. The lowest BCUT2D eigenvalue weighted by atomic mass is 10.1. The number of rotatable bonds is 3. The molecule has 104 valence electrons. The summed E-state index contributed by atoms with van der Waals surface area (Å²) < 4.78 is 5.35. The molecule has 0 bridgehead atoms. The SMILES string of the molecule is OCc1cccc(-c2nccc(N3CCOCC3)n2)c1. The highest BCUT2D eigenvalue weighted by Crippen LogP contribution is 2.20. The predicted octanol–water partition coefficient (Wildman–Crippen LogP) is 1.47. The summed E-state index contributed by atoms with van der Waals surface area (Å²) >= 11 is 0. The van der Waals surface area contributed by atoms with E-state index in [9.17, 15) is 5.11 Å². The van der Waals surface area contributed by atoms with Crippen LogP contribution in [0.2, 0.25) is 0 Å². The Morgan fingerprint density at radius 2 is 2.05 bits per heavy atom. The number of anilines is 1. The van der Waals surface area contributed by atoms with Crippen molar-refractivity contribution in [2.75, 3.05) is 31.2 Å². The first-order valence-corrected chi connectivity index (χ1v) is 6.73. The van der Waals surface area contributed by atoms with Crippen LogP contribution in [-0.4, -0.2) is 41.4 Å². The van der Waals surface area contributed by atoms with Crippen LogP contribution in [0.25, 0.3) is 11.4 Å². The Kier molecular flexibility index (Phi) is 3.90. The van der Waals surface area contributed by atoms with Crippen LogP contribution in [0.1, 0.15) is 5.56 Å². The zero-order valence-electron chi connectivity index (χ0n) is 11.2. The number of nitrogens with zero attached hydrogens (tertiary/aromatic N) is 3. The number of benzene rings is 1. The smallest absolute Gasteiger partial charge is 0.161 e. The lowest BCUT2D eigenvalue weighted by Gasteiger charge is -2.27. The minimum Gasteiger partial charge on any atom is -0.392 e. The van der Waals surface area contributed by atoms with Gasteiger partial charge in [0.05, 0.1) is 19.8 Å². The minimum absolute atomic E-state index is 0.0248. The number of aliphatic hydroxyl groups excluding tert-OH is 1. The Morgan fingerprint density at radius 1 is 1.20 bits per heavy atom. The van der Waals surface area contributed by atoms with Crippen LogP contribution in [0.5, 0.6) is 0 Å². The van der Waals surface area contributed by atoms with E-state index < -0.39 is 0 Å². The highest BCUT2D eigenvalue weighted by atomic mass is 16.5. The molecule has 0 aliphatic carbocycles. The van der Waals surface area contributed by atoms with E-state index in [-0.39, 0.29) is 6.61 Å². The summed E-state index contributed by atoms with van der Waals surface area (Å²) in [5.41, 5.74) is 1.79. The molecule has 0 saturated carbocycles. The highest BCUT2D eigenvalue weighted by Gasteiger charge is 2.13. The van der Waals surface area contributed by atoms with Gasteiger partial charge in [-0.1, -0.05) is 18.2 Å². The van der Waals surface area contributed by atoms with E-state index in [1.807, 2.05) is 30.3 Å². The maximum Gasteiger partial charge on any atom is 0.161 e. The van der Waals surface area contributed by atoms with Gasteiger partial charge in [-0.05, 0) is 17.7 Å². The van der Waals surface area contributed by atoms with Crippen LogP contribution in [0.3, 0.4) is 0 Å². The molecule has 5 heteroatoms. The molecule has 1 aliphatic heterocycles. The number of aromatic nitrogens is 2. The fourth-order valence-corrected chi connectivity index (χ4v) is 2.27. The Balaban J connectivity index is 1.89. The summed E-state index contributed by atoms with van der Waals surface area (Å²) in [7, 11) is 0. The molecular weight excluding hydrogens is 254 g/mol. The van der Waals surface area contributed by atoms with Crippen LogP contribution in [0.15, 0.2) is 36.5 Å². The van der Waals surface area contributed by atoms with Crippen LogP contribution >= 0.6 is 0 Å². The average molecular weight is 271 g/mol. The number of hydrogen-bond acceptors (Lipinski definition) is 5. The van der Waals surface area contributed by atoms with Gasteiger partial charge in [-0.2, -0.15) is 0 Å². The third-order valence-corrected chi connectivity index (χ3v) is 3.34. The molecule has 1 aromatic carbocycles. The van der Waals surface area contributed by atoms with Gasteiger partial charge < -0.3 is 14.7 Å². The lowest BCUT2D eigenvalue weighted by Crippen LogP contribution is -2.36. The van der Waals surface area contributed by atoms with Crippen molar-refractivity contribution < 1.29 is 9.84 Å². The number of morpholine rings is 1. The topological polar surface area (TPSA) is 58.5 Å². The average Bonchev–Trinajstić information content (AvgIpc) is 2.56. The fourth-order valence-electron chi connectivity index (χ4n) is 2.27. The minimum atomic E-state index is 0.0248. The van der Waals surface area contributed by atoms with E-state index in [1.165, 1.54) is 0 Å². The van der Waals surface area contributed by atoms with E-state index in [0.717, 1.165) is 43.2 Å². The first-order chi connectivity index (χ1) is 9.86. The highest BCUT2D eigenvalue weighted by molar-refractivity contribution is 5.58. The van der Waals surface area contributed by atoms with Gasteiger partial charge in [-0.25, -0.2) is 9.97 Å². The van der Waals surface area contributed by atoms with Gasteiger partial charge in [-0.3, -0.25) is 0 Å². The van der Waals surface area contributed by atoms with Gasteiger partial charge in [0, 0.05) is 24.8 Å². The van der Waals surface area contributed by atoms with Crippen molar-refractivity contribution in [3.63, 3.8) is 0 Å². The molecule has 1 fully saturated rings. The second kappa shape index (κ2) is 5.98. The van der Waals surface area contributed by atoms with Crippen LogP contribution < -0.4 is 4.90 Å². The molecule has 1 saturated heterocycles. The number of ether oxygens (including phenoxy) is 1. The molecule has 0 spiro atoms. The van der Waals surface area contributed by atoms with Crippen molar-refractivity contribution in [3.8, 4) is 11.4 Å². The van der Waals surface area contributed by atoms with E-state index in [2.05, 4.69) is 14.9 Å². The molecule has 1 aromatic heterocycles. The van der Waals surface area contributed by atoms with Crippen molar-refractivity contribution >= 4 is 5.82 Å². The summed E-state index contributed by atoms with van der Waals surface area (Å²) in [5, 5.41) is 9.20. The molecule has 2 heterocycles. The first kappa shape index (κ1) is 13.0. The Bertz CT molecular complexity index is 583. The second-order valence-electron chi connectivity index (χ2n) is 4.70. The second-order valence-corrected chi connectivity index (χ2v) is 4.70. The first-order valence-electron chi connectivity index (χ1n) is 6.73. The van der Waals surface area contributed by atoms with Gasteiger partial charge in [0.15, 0.2) is 5.82 Å². The molecule has 0 unspecified atom stereocenters. The summed E-state index contributed by atoms with van der Waals surface area (Å²) in [6, 6.07) is 9.59. The monoisotopic (exact) mass is 271 g/mol. The van der Waals surface area contributed by atoms with Gasteiger partial charge in [0.2, 0.25) is 0 Å². The van der Waals surface area contributed by atoms with Crippen LogP contribution in [0.4, 0.5) is 5.82 Å². The zero-order valence-corrected chi connectivity index (χ0v) is 11.2. The summed E-state index contributed by atoms with van der Waals surface area (Å²) in [6.07, 6.45) is 1.78. The third kappa shape index (κ3) is 2.79.